The molecule has 210 valence electrons. The van der Waals surface area contributed by atoms with Gasteiger partial charge in [-0.1, -0.05) is 25.3 Å². The van der Waals surface area contributed by atoms with Gasteiger partial charge in [-0.2, -0.15) is 0 Å². The van der Waals surface area contributed by atoms with Crippen LogP contribution in [0.15, 0.2) is 18.2 Å². The molecule has 0 saturated carbocycles. The van der Waals surface area contributed by atoms with Gasteiger partial charge in [0.15, 0.2) is 0 Å². The quantitative estimate of drug-likeness (QED) is 0.103. The van der Waals surface area contributed by atoms with E-state index in [2.05, 4.69) is 5.32 Å². The highest BCUT2D eigenvalue weighted by molar-refractivity contribution is 6.25. The molecule has 0 spiro atoms. The number of rotatable bonds is 21. The maximum Gasteiger partial charge on any atom is 0.264 e. The molecule has 0 saturated heterocycles. The predicted octanol–water partition coefficient (Wildman–Crippen LogP) is 3.45. The van der Waals surface area contributed by atoms with Crippen LogP contribution in [0.5, 0.6) is 0 Å². The molecule has 0 aromatic heterocycles. The number of halogens is 1. The largest absolute Gasteiger partial charge is 0.379 e. The number of imide groups is 1. The van der Waals surface area contributed by atoms with Gasteiger partial charge in [-0.05, 0) is 44.2 Å². The Morgan fingerprint density at radius 2 is 1.61 bits per heavy atom. The summed E-state index contributed by atoms with van der Waals surface area (Å²) in [7, 11) is 0. The van der Waals surface area contributed by atoms with Crippen molar-refractivity contribution in [1.82, 2.24) is 4.90 Å². The smallest absolute Gasteiger partial charge is 0.264 e. The van der Waals surface area contributed by atoms with Crippen LogP contribution in [0, 0.1) is 0 Å². The van der Waals surface area contributed by atoms with E-state index in [9.17, 15) is 24.0 Å². The number of aldehydes is 1. The van der Waals surface area contributed by atoms with Crippen molar-refractivity contribution < 1.29 is 33.4 Å². The van der Waals surface area contributed by atoms with Crippen LogP contribution < -0.4 is 11.1 Å². The second-order valence-electron chi connectivity index (χ2n) is 9.06. The van der Waals surface area contributed by atoms with Crippen LogP contribution in [0.25, 0.3) is 0 Å². The number of nitrogens with one attached hydrogen (secondary N) is 1. The van der Waals surface area contributed by atoms with Crippen molar-refractivity contribution in [3.05, 3.63) is 29.3 Å². The Bertz CT molecular complexity index is 957. The van der Waals surface area contributed by atoms with E-state index < -0.39 is 23.8 Å². The molecule has 1 atom stereocenters. The zero-order chi connectivity index (χ0) is 27.8. The fourth-order valence-electron chi connectivity index (χ4n) is 4.17. The lowest BCUT2D eigenvalue weighted by atomic mass is 10.1. The van der Waals surface area contributed by atoms with Crippen LogP contribution in [-0.2, 0) is 23.9 Å². The minimum absolute atomic E-state index is 0.0223. The number of carbonyl (C=O) groups is 5. The molecule has 1 aromatic carbocycles. The molecule has 2 rings (SSSR count). The van der Waals surface area contributed by atoms with E-state index in [1.165, 1.54) is 12.1 Å². The first-order valence-electron chi connectivity index (χ1n) is 13.2. The van der Waals surface area contributed by atoms with Crippen LogP contribution >= 0.6 is 11.6 Å². The average molecular weight is 552 g/mol. The molecular weight excluding hydrogens is 514 g/mol. The van der Waals surface area contributed by atoms with Gasteiger partial charge in [0, 0.05) is 31.9 Å². The highest BCUT2D eigenvalue weighted by atomic mass is 35.5. The number of nitrogens with zero attached hydrogens (tertiary/aromatic N) is 1. The van der Waals surface area contributed by atoms with E-state index in [0.29, 0.717) is 38.4 Å². The van der Waals surface area contributed by atoms with Gasteiger partial charge >= 0.3 is 0 Å². The molecule has 10 nitrogen and oxygen atoms in total. The Kier molecular flexibility index (Phi) is 14.6. The lowest BCUT2D eigenvalue weighted by molar-refractivity contribution is -0.122. The van der Waals surface area contributed by atoms with Gasteiger partial charge in [0.1, 0.15) is 12.3 Å². The van der Waals surface area contributed by atoms with Crippen molar-refractivity contribution in [3.8, 4) is 0 Å². The average Bonchev–Trinajstić information content (AvgIpc) is 3.15. The van der Waals surface area contributed by atoms with E-state index in [1.54, 1.807) is 6.07 Å². The Labute approximate surface area is 228 Å². The fraction of sp³-hybridized carbons (Fsp3) is 0.593. The van der Waals surface area contributed by atoms with Crippen molar-refractivity contribution >= 4 is 47.2 Å². The summed E-state index contributed by atoms with van der Waals surface area (Å²) in [5.74, 6) is -1.85. The summed E-state index contributed by atoms with van der Waals surface area (Å²) in [5, 5.41) is 2.71. The second kappa shape index (κ2) is 17.6. The molecule has 38 heavy (non-hydrogen) atoms. The molecule has 1 aliphatic heterocycles. The highest BCUT2D eigenvalue weighted by Crippen LogP contribution is 2.31. The number of carbonyl (C=O) groups excluding carboxylic acids is 5. The Hall–Kier alpha value is -2.82. The number of ether oxygens (including phenoxy) is 2. The summed E-state index contributed by atoms with van der Waals surface area (Å²) in [5.41, 5.74) is 5.70. The summed E-state index contributed by atoms with van der Waals surface area (Å²) in [6.07, 6.45) is 7.32. The van der Waals surface area contributed by atoms with Crippen molar-refractivity contribution in [2.24, 2.45) is 5.73 Å². The first kappa shape index (κ1) is 31.4. The second-order valence-corrected chi connectivity index (χ2v) is 9.44. The highest BCUT2D eigenvalue weighted by Gasteiger charge is 2.43. The number of hydrogen-bond donors (Lipinski definition) is 2. The third kappa shape index (κ3) is 9.81. The van der Waals surface area contributed by atoms with Crippen LogP contribution in [0.3, 0.4) is 0 Å². The van der Waals surface area contributed by atoms with Gasteiger partial charge in [-0.3, -0.25) is 24.1 Å². The number of benzene rings is 1. The summed E-state index contributed by atoms with van der Waals surface area (Å²) in [6, 6.07) is 3.30. The molecule has 0 bridgehead atoms. The molecule has 0 aliphatic carbocycles. The number of unbranched alkanes of at least 4 members (excludes halogenated alkanes) is 5. The standard InChI is InChI=1S/C27H38ClN3O7/c28-14-5-1-2-6-16-37-18-19-38-17-7-3-4-13-23(33)30-21-11-8-10-20-24(21)27(36)31(26(20)35)22(25(29)34)12-9-15-32/h8,10-11,15,22H,1-7,9,12-14,16-19H2,(H2,29,34)(H,30,33). The Morgan fingerprint density at radius 1 is 0.947 bits per heavy atom. The number of fused-ring (bicyclic) bond motifs is 1. The van der Waals surface area contributed by atoms with Gasteiger partial charge in [0.25, 0.3) is 11.8 Å². The summed E-state index contributed by atoms with van der Waals surface area (Å²) in [6.45, 7) is 2.42. The molecule has 11 heteroatoms. The molecule has 1 unspecified atom stereocenters. The van der Waals surface area contributed by atoms with Crippen LogP contribution in [0.2, 0.25) is 0 Å². The van der Waals surface area contributed by atoms with Gasteiger partial charge in [-0.25, -0.2) is 0 Å². The molecule has 1 heterocycles. The zero-order valence-electron chi connectivity index (χ0n) is 21.8. The van der Waals surface area contributed by atoms with E-state index in [-0.39, 0.29) is 42.0 Å². The monoisotopic (exact) mass is 551 g/mol. The number of primary amides is 1. The van der Waals surface area contributed by atoms with Crippen LogP contribution in [-0.4, -0.2) is 73.2 Å². The number of alkyl halides is 1. The van der Waals surface area contributed by atoms with Gasteiger partial charge in [-0.15, -0.1) is 11.6 Å². The molecule has 0 radical (unpaired) electrons. The summed E-state index contributed by atoms with van der Waals surface area (Å²) < 4.78 is 11.1. The number of hydrogen-bond acceptors (Lipinski definition) is 7. The van der Waals surface area contributed by atoms with Gasteiger partial charge in [0.05, 0.1) is 30.0 Å². The third-order valence-electron chi connectivity index (χ3n) is 6.16. The lowest BCUT2D eigenvalue weighted by Crippen LogP contribution is -2.47. The first-order valence-corrected chi connectivity index (χ1v) is 13.7. The summed E-state index contributed by atoms with van der Waals surface area (Å²) in [4.78, 5) is 61.8. The Morgan fingerprint density at radius 3 is 2.24 bits per heavy atom. The van der Waals surface area contributed by atoms with Crippen molar-refractivity contribution in [1.29, 1.82) is 0 Å². The van der Waals surface area contributed by atoms with E-state index >= 15 is 0 Å². The lowest BCUT2D eigenvalue weighted by Gasteiger charge is -2.22. The third-order valence-corrected chi connectivity index (χ3v) is 6.42. The minimum Gasteiger partial charge on any atom is -0.379 e. The van der Waals surface area contributed by atoms with E-state index in [4.69, 9.17) is 26.8 Å². The van der Waals surface area contributed by atoms with Crippen molar-refractivity contribution in [3.63, 3.8) is 0 Å². The number of nitrogens with two attached hydrogens (primary N) is 1. The fourth-order valence-corrected chi connectivity index (χ4v) is 4.36. The van der Waals surface area contributed by atoms with Crippen LogP contribution in [0.1, 0.15) is 84.9 Å². The van der Waals surface area contributed by atoms with Gasteiger partial charge in [0.2, 0.25) is 11.8 Å². The predicted molar refractivity (Wildman–Crippen MR) is 143 cm³/mol. The van der Waals surface area contributed by atoms with E-state index in [0.717, 1.165) is 50.0 Å². The molecule has 4 amide bonds. The first-order chi connectivity index (χ1) is 18.4. The van der Waals surface area contributed by atoms with Crippen LogP contribution in [0.4, 0.5) is 5.69 Å². The maximum atomic E-state index is 13.0. The Balaban J connectivity index is 1.71. The minimum atomic E-state index is -1.24. The maximum absolute atomic E-state index is 13.0. The molecular formula is C27H38ClN3O7. The molecule has 1 aromatic rings. The van der Waals surface area contributed by atoms with Crippen molar-refractivity contribution in [2.75, 3.05) is 37.6 Å². The SMILES string of the molecule is NC(=O)C(CCC=O)N1C(=O)c2cccc(NC(=O)CCCCCOCCOCCCCCCCl)c2C1=O. The molecule has 0 fully saturated rings. The van der Waals surface area contributed by atoms with E-state index in [1.807, 2.05) is 0 Å². The van der Waals surface area contributed by atoms with Gasteiger partial charge < -0.3 is 25.3 Å². The zero-order valence-corrected chi connectivity index (χ0v) is 22.5. The summed E-state index contributed by atoms with van der Waals surface area (Å²) >= 11 is 5.64. The topological polar surface area (TPSA) is 145 Å². The normalized spacial score (nSPS) is 13.4. The molecule has 1 aliphatic rings. The number of amides is 4. The van der Waals surface area contributed by atoms with Crippen molar-refractivity contribution in [2.45, 2.75) is 70.3 Å². The molecule has 3 N–H and O–H groups in total. The number of anilines is 1.